The van der Waals surface area contributed by atoms with Gasteiger partial charge < -0.3 is 9.84 Å². The second-order valence-electron chi connectivity index (χ2n) is 3.84. The van der Waals surface area contributed by atoms with Crippen LogP contribution in [0.2, 0.25) is 0 Å². The van der Waals surface area contributed by atoms with Gasteiger partial charge in [-0.1, -0.05) is 6.92 Å². The summed E-state index contributed by atoms with van der Waals surface area (Å²) in [6, 6.07) is 0. The van der Waals surface area contributed by atoms with Crippen LogP contribution in [0.25, 0.3) is 0 Å². The first-order valence-corrected chi connectivity index (χ1v) is 7.30. The second kappa shape index (κ2) is 8.43. The highest BCUT2D eigenvalue weighted by atomic mass is 32.2. The lowest BCUT2D eigenvalue weighted by Gasteiger charge is -2.11. The van der Waals surface area contributed by atoms with Crippen LogP contribution in [0.1, 0.15) is 26.7 Å². The van der Waals surface area contributed by atoms with Crippen LogP contribution in [0.3, 0.4) is 0 Å². The molecule has 0 saturated carbocycles. The van der Waals surface area contributed by atoms with Crippen molar-refractivity contribution in [2.24, 2.45) is 5.92 Å². The molecule has 6 nitrogen and oxygen atoms in total. The molecule has 0 aliphatic rings. The molecule has 2 N–H and O–H groups in total. The summed E-state index contributed by atoms with van der Waals surface area (Å²) in [5, 5.41) is 8.66. The molecule has 0 aromatic heterocycles. The fourth-order valence-electron chi connectivity index (χ4n) is 1.11. The average Bonchev–Trinajstić information content (AvgIpc) is 2.25. The predicted octanol–water partition coefficient (Wildman–Crippen LogP) is -0.122. The van der Waals surface area contributed by atoms with Crippen molar-refractivity contribution in [3.63, 3.8) is 0 Å². The van der Waals surface area contributed by atoms with Gasteiger partial charge >= 0.3 is 5.97 Å². The summed E-state index contributed by atoms with van der Waals surface area (Å²) in [4.78, 5) is 11.0. The van der Waals surface area contributed by atoms with E-state index in [1.54, 1.807) is 6.92 Å². The van der Waals surface area contributed by atoms with E-state index in [1.165, 1.54) is 0 Å². The maximum atomic E-state index is 11.5. The average molecular weight is 267 g/mol. The monoisotopic (exact) mass is 267 g/mol. The Labute approximate surface area is 102 Å². The molecule has 102 valence electrons. The van der Waals surface area contributed by atoms with Crippen LogP contribution in [-0.4, -0.2) is 45.0 Å². The summed E-state index contributed by atoms with van der Waals surface area (Å²) >= 11 is 0. The van der Waals surface area contributed by atoms with Crippen LogP contribution in [0, 0.1) is 5.92 Å². The van der Waals surface area contributed by atoms with Crippen molar-refractivity contribution in [1.82, 2.24) is 4.72 Å². The third-order valence-electron chi connectivity index (χ3n) is 2.15. The minimum absolute atomic E-state index is 0.0335. The Morgan fingerprint density at radius 2 is 2.12 bits per heavy atom. The normalized spacial score (nSPS) is 13.4. The van der Waals surface area contributed by atoms with Crippen molar-refractivity contribution in [3.8, 4) is 0 Å². The van der Waals surface area contributed by atoms with Crippen molar-refractivity contribution in [2.45, 2.75) is 26.7 Å². The molecule has 0 aliphatic carbocycles. The lowest BCUT2D eigenvalue weighted by atomic mass is 10.1. The van der Waals surface area contributed by atoms with Gasteiger partial charge in [0.05, 0.1) is 18.8 Å². The molecular weight excluding hydrogens is 246 g/mol. The molecule has 0 radical (unpaired) electrons. The summed E-state index contributed by atoms with van der Waals surface area (Å²) in [7, 11) is -3.44. The number of esters is 1. The molecule has 0 rings (SSSR count). The zero-order chi connectivity index (χ0) is 13.3. The van der Waals surface area contributed by atoms with Crippen LogP contribution < -0.4 is 4.72 Å². The summed E-state index contributed by atoms with van der Waals surface area (Å²) < 4.78 is 30.0. The van der Waals surface area contributed by atoms with Crippen molar-refractivity contribution in [1.29, 1.82) is 0 Å². The predicted molar refractivity (Wildman–Crippen MR) is 63.9 cm³/mol. The van der Waals surface area contributed by atoms with Gasteiger partial charge in [-0.2, -0.15) is 0 Å². The zero-order valence-electron chi connectivity index (χ0n) is 10.3. The number of carbonyl (C=O) groups excluding carboxylic acids is 1. The van der Waals surface area contributed by atoms with Crippen molar-refractivity contribution < 1.29 is 23.1 Å². The zero-order valence-corrected chi connectivity index (χ0v) is 11.1. The minimum Gasteiger partial charge on any atom is -0.466 e. The van der Waals surface area contributed by atoms with E-state index in [0.29, 0.717) is 6.42 Å². The van der Waals surface area contributed by atoms with Crippen molar-refractivity contribution in [3.05, 3.63) is 0 Å². The van der Waals surface area contributed by atoms with Gasteiger partial charge in [-0.15, -0.1) is 0 Å². The van der Waals surface area contributed by atoms with Gasteiger partial charge in [0.25, 0.3) is 0 Å². The number of nitrogens with one attached hydrogen (secondary N) is 1. The number of hydrogen-bond acceptors (Lipinski definition) is 5. The molecule has 17 heavy (non-hydrogen) atoms. The van der Waals surface area contributed by atoms with E-state index in [0.717, 1.165) is 0 Å². The number of rotatable bonds is 9. The SMILES string of the molecule is CCOC(=O)CCS(=O)(=O)NCC(C)CCO. The van der Waals surface area contributed by atoms with Crippen molar-refractivity contribution >= 4 is 16.0 Å². The first kappa shape index (κ1) is 16.3. The summed E-state index contributed by atoms with van der Waals surface area (Å²) in [5.41, 5.74) is 0. The molecule has 0 spiro atoms. The third-order valence-corrected chi connectivity index (χ3v) is 3.50. The quantitative estimate of drug-likeness (QED) is 0.568. The Kier molecular flexibility index (Phi) is 8.11. The van der Waals surface area contributed by atoms with Gasteiger partial charge in [-0.3, -0.25) is 4.79 Å². The minimum atomic E-state index is -3.44. The molecule has 0 aromatic rings. The highest BCUT2D eigenvalue weighted by Crippen LogP contribution is 2.00. The lowest BCUT2D eigenvalue weighted by Crippen LogP contribution is -2.31. The number of ether oxygens (including phenoxy) is 1. The Bertz CT molecular complexity index is 315. The van der Waals surface area contributed by atoms with Gasteiger partial charge in [0.15, 0.2) is 0 Å². The van der Waals surface area contributed by atoms with Crippen LogP contribution in [0.4, 0.5) is 0 Å². The van der Waals surface area contributed by atoms with Gasteiger partial charge in [0.2, 0.25) is 10.0 Å². The van der Waals surface area contributed by atoms with Crippen LogP contribution in [0.15, 0.2) is 0 Å². The van der Waals surface area contributed by atoms with E-state index in [2.05, 4.69) is 9.46 Å². The summed E-state index contributed by atoms with van der Waals surface area (Å²) in [6.45, 7) is 4.06. The Balaban J connectivity index is 3.92. The number of sulfonamides is 1. The largest absolute Gasteiger partial charge is 0.466 e. The van der Waals surface area contributed by atoms with Crippen LogP contribution in [-0.2, 0) is 19.6 Å². The topological polar surface area (TPSA) is 92.7 Å². The van der Waals surface area contributed by atoms with Crippen LogP contribution in [0.5, 0.6) is 0 Å². The van der Waals surface area contributed by atoms with E-state index in [4.69, 9.17) is 5.11 Å². The molecule has 0 fully saturated rings. The summed E-state index contributed by atoms with van der Waals surface area (Å²) in [5.74, 6) is -0.712. The highest BCUT2D eigenvalue weighted by Gasteiger charge is 2.14. The van der Waals surface area contributed by atoms with E-state index >= 15 is 0 Å². The number of carbonyl (C=O) groups is 1. The fraction of sp³-hybridized carbons (Fsp3) is 0.900. The molecule has 7 heteroatoms. The molecule has 0 amide bonds. The molecule has 0 saturated heterocycles. The molecule has 0 aliphatic heterocycles. The Morgan fingerprint density at radius 1 is 1.47 bits per heavy atom. The van der Waals surface area contributed by atoms with E-state index < -0.39 is 16.0 Å². The molecule has 1 atom stereocenters. The maximum Gasteiger partial charge on any atom is 0.306 e. The molecule has 0 heterocycles. The summed E-state index contributed by atoms with van der Waals surface area (Å²) in [6.07, 6.45) is 0.401. The van der Waals surface area contributed by atoms with E-state index in [9.17, 15) is 13.2 Å². The maximum absolute atomic E-state index is 11.5. The molecule has 0 aromatic carbocycles. The third kappa shape index (κ3) is 9.08. The van der Waals surface area contributed by atoms with E-state index in [1.807, 2.05) is 6.92 Å². The van der Waals surface area contributed by atoms with Gasteiger partial charge in [0.1, 0.15) is 0 Å². The highest BCUT2D eigenvalue weighted by molar-refractivity contribution is 7.89. The number of aliphatic hydroxyl groups excluding tert-OH is 1. The number of aliphatic hydroxyl groups is 1. The van der Waals surface area contributed by atoms with Crippen LogP contribution >= 0.6 is 0 Å². The molecule has 1 unspecified atom stereocenters. The lowest BCUT2D eigenvalue weighted by molar-refractivity contribution is -0.142. The van der Waals surface area contributed by atoms with Crippen molar-refractivity contribution in [2.75, 3.05) is 25.5 Å². The van der Waals surface area contributed by atoms with E-state index in [-0.39, 0.29) is 37.9 Å². The standard InChI is InChI=1S/C10H21NO5S/c1-3-16-10(13)5-7-17(14,15)11-8-9(2)4-6-12/h9,11-12H,3-8H2,1-2H3. The molecule has 0 bridgehead atoms. The first-order chi connectivity index (χ1) is 7.91. The van der Waals surface area contributed by atoms with Gasteiger partial charge in [-0.25, -0.2) is 13.1 Å². The van der Waals surface area contributed by atoms with Gasteiger partial charge in [0, 0.05) is 13.2 Å². The number of hydrogen-bond donors (Lipinski definition) is 2. The fourth-order valence-corrected chi connectivity index (χ4v) is 2.23. The Morgan fingerprint density at radius 3 is 2.65 bits per heavy atom. The second-order valence-corrected chi connectivity index (χ2v) is 5.77. The molecular formula is C10H21NO5S. The first-order valence-electron chi connectivity index (χ1n) is 5.65. The van der Waals surface area contributed by atoms with Gasteiger partial charge in [-0.05, 0) is 19.3 Å². The Hall–Kier alpha value is -0.660. The smallest absolute Gasteiger partial charge is 0.306 e.